The maximum Gasteiger partial charge on any atom is 0.255 e. The van der Waals surface area contributed by atoms with Crippen LogP contribution in [0.25, 0.3) is 0 Å². The molecule has 2 aromatic carbocycles. The Morgan fingerprint density at radius 1 is 0.970 bits per heavy atom. The van der Waals surface area contributed by atoms with Gasteiger partial charge in [0.05, 0.1) is 18.8 Å². The van der Waals surface area contributed by atoms with Gasteiger partial charge in [-0.25, -0.2) is 0 Å². The number of rotatable bonds is 11. The van der Waals surface area contributed by atoms with E-state index in [1.165, 1.54) is 6.42 Å². The highest BCUT2D eigenvalue weighted by molar-refractivity contribution is 6.06. The summed E-state index contributed by atoms with van der Waals surface area (Å²) in [6.07, 6.45) is 5.51. The van der Waals surface area contributed by atoms with E-state index in [1.54, 1.807) is 37.4 Å². The van der Waals surface area contributed by atoms with Gasteiger partial charge >= 0.3 is 0 Å². The fraction of sp³-hybridized carbons (Fsp3) is 0.462. The van der Waals surface area contributed by atoms with Crippen LogP contribution in [0.1, 0.15) is 59.7 Å². The number of carbonyl (C=O) groups is 2. The third kappa shape index (κ3) is 7.22. The third-order valence-electron chi connectivity index (χ3n) is 5.67. The van der Waals surface area contributed by atoms with Gasteiger partial charge < -0.3 is 25.0 Å². The van der Waals surface area contributed by atoms with E-state index in [4.69, 9.17) is 9.47 Å². The summed E-state index contributed by atoms with van der Waals surface area (Å²) in [5, 5.41) is 5.82. The van der Waals surface area contributed by atoms with E-state index >= 15 is 0 Å². The fourth-order valence-corrected chi connectivity index (χ4v) is 3.81. The zero-order valence-electron chi connectivity index (χ0n) is 19.7. The topological polar surface area (TPSA) is 79.9 Å². The predicted molar refractivity (Wildman–Crippen MR) is 132 cm³/mol. The van der Waals surface area contributed by atoms with Crippen LogP contribution < -0.4 is 20.3 Å². The summed E-state index contributed by atoms with van der Waals surface area (Å²) >= 11 is 0. The Bertz CT molecular complexity index is 908. The van der Waals surface area contributed by atoms with Gasteiger partial charge in [0.15, 0.2) is 0 Å². The van der Waals surface area contributed by atoms with Gasteiger partial charge in [0.2, 0.25) is 0 Å². The first-order valence-corrected chi connectivity index (χ1v) is 11.8. The highest BCUT2D eigenvalue weighted by Crippen LogP contribution is 2.27. The van der Waals surface area contributed by atoms with E-state index in [2.05, 4.69) is 22.5 Å². The minimum atomic E-state index is -0.230. The van der Waals surface area contributed by atoms with Gasteiger partial charge in [-0.2, -0.15) is 0 Å². The van der Waals surface area contributed by atoms with E-state index in [-0.39, 0.29) is 11.8 Å². The molecule has 1 aliphatic heterocycles. The van der Waals surface area contributed by atoms with Crippen molar-refractivity contribution in [1.82, 2.24) is 5.32 Å². The van der Waals surface area contributed by atoms with Crippen LogP contribution in [0.5, 0.6) is 5.75 Å². The predicted octanol–water partition coefficient (Wildman–Crippen LogP) is 4.48. The number of ether oxygens (including phenoxy) is 2. The summed E-state index contributed by atoms with van der Waals surface area (Å²) in [6, 6.07) is 12.6. The lowest BCUT2D eigenvalue weighted by Crippen LogP contribution is -2.33. The van der Waals surface area contributed by atoms with Gasteiger partial charge in [-0.3, -0.25) is 9.59 Å². The molecule has 0 bridgehead atoms. The molecule has 1 aliphatic rings. The first kappa shape index (κ1) is 24.6. The van der Waals surface area contributed by atoms with Crippen molar-refractivity contribution in [3.8, 4) is 5.75 Å². The number of nitrogens with zero attached hydrogens (tertiary/aromatic N) is 1. The lowest BCUT2D eigenvalue weighted by Gasteiger charge is -2.30. The van der Waals surface area contributed by atoms with Crippen LogP contribution in [0, 0.1) is 0 Å². The number of hydrogen-bond donors (Lipinski definition) is 2. The molecule has 0 saturated carbocycles. The Labute approximate surface area is 196 Å². The molecule has 0 unspecified atom stereocenters. The zero-order chi connectivity index (χ0) is 23.5. The highest BCUT2D eigenvalue weighted by atomic mass is 16.5. The summed E-state index contributed by atoms with van der Waals surface area (Å²) < 4.78 is 10.7. The van der Waals surface area contributed by atoms with E-state index < -0.39 is 0 Å². The smallest absolute Gasteiger partial charge is 0.255 e. The second-order valence-electron chi connectivity index (χ2n) is 8.21. The number of benzene rings is 2. The van der Waals surface area contributed by atoms with Crippen molar-refractivity contribution in [2.45, 2.75) is 39.0 Å². The number of amides is 2. The van der Waals surface area contributed by atoms with Crippen molar-refractivity contribution in [1.29, 1.82) is 0 Å². The molecule has 7 nitrogen and oxygen atoms in total. The van der Waals surface area contributed by atoms with Crippen LogP contribution in [0.4, 0.5) is 11.4 Å². The van der Waals surface area contributed by atoms with Crippen LogP contribution in [0.15, 0.2) is 42.5 Å². The van der Waals surface area contributed by atoms with Crippen molar-refractivity contribution in [2.75, 3.05) is 50.2 Å². The number of unbranched alkanes of at least 4 members (excludes halogenated alkanes) is 1. The van der Waals surface area contributed by atoms with E-state index in [1.807, 2.05) is 12.1 Å². The number of piperidine rings is 1. The Morgan fingerprint density at radius 2 is 1.73 bits per heavy atom. The van der Waals surface area contributed by atoms with E-state index in [9.17, 15) is 9.59 Å². The second kappa shape index (κ2) is 12.8. The van der Waals surface area contributed by atoms with E-state index in [0.29, 0.717) is 36.6 Å². The molecule has 7 heteroatoms. The molecule has 2 amide bonds. The summed E-state index contributed by atoms with van der Waals surface area (Å²) in [5.74, 6) is 0.352. The number of anilines is 2. The molecule has 2 aromatic rings. The van der Waals surface area contributed by atoms with Gasteiger partial charge in [0.25, 0.3) is 11.8 Å². The molecule has 33 heavy (non-hydrogen) atoms. The average Bonchev–Trinajstić information content (AvgIpc) is 2.85. The van der Waals surface area contributed by atoms with Crippen molar-refractivity contribution in [2.24, 2.45) is 0 Å². The highest BCUT2D eigenvalue weighted by Gasteiger charge is 2.20. The first-order valence-electron chi connectivity index (χ1n) is 11.8. The number of hydrogen-bond acceptors (Lipinski definition) is 5. The van der Waals surface area contributed by atoms with Gasteiger partial charge in [-0.05, 0) is 68.1 Å². The zero-order valence-corrected chi connectivity index (χ0v) is 19.7. The van der Waals surface area contributed by atoms with Crippen LogP contribution in [0.2, 0.25) is 0 Å². The minimum Gasteiger partial charge on any atom is -0.494 e. The van der Waals surface area contributed by atoms with Crippen molar-refractivity contribution in [3.63, 3.8) is 0 Å². The van der Waals surface area contributed by atoms with Gasteiger partial charge in [-0.1, -0.05) is 13.3 Å². The van der Waals surface area contributed by atoms with Crippen molar-refractivity contribution < 1.29 is 19.1 Å². The Kier molecular flexibility index (Phi) is 9.57. The van der Waals surface area contributed by atoms with Crippen LogP contribution >= 0.6 is 0 Å². The molecular formula is C26H35N3O4. The number of nitrogens with one attached hydrogen (secondary N) is 2. The van der Waals surface area contributed by atoms with Crippen molar-refractivity contribution in [3.05, 3.63) is 53.6 Å². The summed E-state index contributed by atoms with van der Waals surface area (Å²) in [6.45, 7) is 5.51. The normalized spacial score (nSPS) is 13.5. The summed E-state index contributed by atoms with van der Waals surface area (Å²) in [7, 11) is 1.60. The van der Waals surface area contributed by atoms with Gasteiger partial charge in [0.1, 0.15) is 5.75 Å². The molecule has 1 saturated heterocycles. The van der Waals surface area contributed by atoms with Crippen LogP contribution in [0.3, 0.4) is 0 Å². The van der Waals surface area contributed by atoms with Gasteiger partial charge in [0, 0.05) is 43.7 Å². The fourth-order valence-electron chi connectivity index (χ4n) is 3.81. The minimum absolute atomic E-state index is 0.169. The number of carbonyl (C=O) groups excluding carboxylic acids is 2. The Morgan fingerprint density at radius 3 is 2.42 bits per heavy atom. The van der Waals surface area contributed by atoms with Crippen LogP contribution in [-0.2, 0) is 4.74 Å². The quantitative estimate of drug-likeness (QED) is 0.490. The molecular weight excluding hydrogens is 418 g/mol. The molecule has 2 N–H and O–H groups in total. The van der Waals surface area contributed by atoms with Crippen molar-refractivity contribution >= 4 is 23.2 Å². The molecule has 0 radical (unpaired) electrons. The summed E-state index contributed by atoms with van der Waals surface area (Å²) in [4.78, 5) is 27.9. The summed E-state index contributed by atoms with van der Waals surface area (Å²) in [5.41, 5.74) is 2.58. The Balaban J connectivity index is 1.73. The maximum atomic E-state index is 12.9. The lowest BCUT2D eigenvalue weighted by molar-refractivity contribution is 0.0936. The third-order valence-corrected chi connectivity index (χ3v) is 5.67. The molecule has 0 aromatic heterocycles. The lowest BCUT2D eigenvalue weighted by atomic mass is 10.1. The van der Waals surface area contributed by atoms with E-state index in [0.717, 1.165) is 50.2 Å². The molecule has 0 spiro atoms. The SMILES string of the molecule is CCCCOc1ccc(C(=O)Nc2ccc(N3CCCCC3)c(C(=O)NCCOC)c2)cc1. The molecule has 1 fully saturated rings. The molecule has 1 heterocycles. The average molecular weight is 454 g/mol. The molecule has 0 aliphatic carbocycles. The van der Waals surface area contributed by atoms with Gasteiger partial charge in [-0.15, -0.1) is 0 Å². The molecule has 178 valence electrons. The maximum absolute atomic E-state index is 12.9. The second-order valence-corrected chi connectivity index (χ2v) is 8.21. The van der Waals surface area contributed by atoms with Crippen LogP contribution in [-0.4, -0.2) is 51.8 Å². The monoisotopic (exact) mass is 453 g/mol. The largest absolute Gasteiger partial charge is 0.494 e. The number of methoxy groups -OCH3 is 1. The molecule has 0 atom stereocenters. The first-order chi connectivity index (χ1) is 16.1. The Hall–Kier alpha value is -3.06. The molecule has 3 rings (SSSR count). The standard InChI is InChI=1S/C26H35N3O4/c1-3-4-17-33-22-11-8-20(9-12-22)25(30)28-21-10-13-24(29-15-6-5-7-16-29)23(19-21)26(31)27-14-18-32-2/h8-13,19H,3-7,14-18H2,1-2H3,(H,27,31)(H,28,30).